The lowest BCUT2D eigenvalue weighted by Gasteiger charge is -2.19. The van der Waals surface area contributed by atoms with Crippen molar-refractivity contribution in [2.75, 3.05) is 13.1 Å². The summed E-state index contributed by atoms with van der Waals surface area (Å²) in [5, 5.41) is 8.77. The molecule has 0 bridgehead atoms. The smallest absolute Gasteiger partial charge is 0.416 e. The van der Waals surface area contributed by atoms with Gasteiger partial charge in [-0.3, -0.25) is 4.90 Å². The van der Waals surface area contributed by atoms with Gasteiger partial charge in [0.1, 0.15) is 0 Å². The molecule has 1 aromatic rings. The molecule has 1 saturated heterocycles. The lowest BCUT2D eigenvalue weighted by atomic mass is 10.0. The first-order valence-electron chi connectivity index (χ1n) is 6.03. The second kappa shape index (κ2) is 5.21. The highest BCUT2D eigenvalue weighted by atomic mass is 19.4. The molecule has 0 spiro atoms. The number of aromatic carboxylic acids is 1. The summed E-state index contributed by atoms with van der Waals surface area (Å²) in [6.07, 6.45) is -2.54. The zero-order valence-corrected chi connectivity index (χ0v) is 10.2. The molecular formula is C13H14F3NO2. The largest absolute Gasteiger partial charge is 0.478 e. The number of benzene rings is 1. The van der Waals surface area contributed by atoms with Crippen molar-refractivity contribution < 1.29 is 23.1 Å². The number of carboxylic acids is 1. The lowest BCUT2D eigenvalue weighted by molar-refractivity contribution is -0.138. The van der Waals surface area contributed by atoms with E-state index in [1.165, 1.54) is 12.1 Å². The second-order valence-electron chi connectivity index (χ2n) is 4.66. The molecule has 0 aromatic heterocycles. The van der Waals surface area contributed by atoms with E-state index in [-0.39, 0.29) is 17.7 Å². The number of hydrogen-bond donors (Lipinski definition) is 1. The minimum absolute atomic E-state index is 0.138. The van der Waals surface area contributed by atoms with E-state index in [0.717, 1.165) is 25.9 Å². The first kappa shape index (κ1) is 13.9. The minimum Gasteiger partial charge on any atom is -0.478 e. The quantitative estimate of drug-likeness (QED) is 0.920. The summed E-state index contributed by atoms with van der Waals surface area (Å²) in [4.78, 5) is 12.7. The van der Waals surface area contributed by atoms with Crippen LogP contribution in [0.25, 0.3) is 0 Å². The van der Waals surface area contributed by atoms with Gasteiger partial charge in [0.2, 0.25) is 0 Å². The maximum absolute atomic E-state index is 13.0. The van der Waals surface area contributed by atoms with Gasteiger partial charge < -0.3 is 5.11 Å². The molecule has 1 heterocycles. The molecule has 1 aliphatic heterocycles. The Morgan fingerprint density at radius 1 is 1.26 bits per heavy atom. The molecule has 0 atom stereocenters. The average molecular weight is 273 g/mol. The van der Waals surface area contributed by atoms with Crippen molar-refractivity contribution in [3.05, 3.63) is 34.9 Å². The van der Waals surface area contributed by atoms with E-state index in [9.17, 15) is 18.0 Å². The van der Waals surface area contributed by atoms with E-state index in [1.54, 1.807) is 0 Å². The zero-order valence-electron chi connectivity index (χ0n) is 10.2. The summed E-state index contributed by atoms with van der Waals surface area (Å²) in [7, 11) is 0. The second-order valence-corrected chi connectivity index (χ2v) is 4.66. The van der Waals surface area contributed by atoms with Crippen LogP contribution in [0.5, 0.6) is 0 Å². The van der Waals surface area contributed by atoms with Crippen molar-refractivity contribution in [1.29, 1.82) is 0 Å². The van der Waals surface area contributed by atoms with E-state index >= 15 is 0 Å². The summed E-state index contributed by atoms with van der Waals surface area (Å²) < 4.78 is 38.9. The van der Waals surface area contributed by atoms with Crippen molar-refractivity contribution in [2.45, 2.75) is 25.6 Å². The standard InChI is InChI=1S/C13H14F3NO2/c14-13(15,16)11-7-9(12(18)19)3-4-10(11)8-17-5-1-2-6-17/h3-4,7H,1-2,5-6,8H2,(H,18,19). The van der Waals surface area contributed by atoms with Crippen LogP contribution in [-0.2, 0) is 12.7 Å². The van der Waals surface area contributed by atoms with Crippen LogP contribution in [-0.4, -0.2) is 29.1 Å². The summed E-state index contributed by atoms with van der Waals surface area (Å²) in [5.41, 5.74) is -1.05. The first-order valence-corrected chi connectivity index (χ1v) is 6.03. The Morgan fingerprint density at radius 2 is 1.89 bits per heavy atom. The van der Waals surface area contributed by atoms with E-state index in [4.69, 9.17) is 5.11 Å². The summed E-state index contributed by atoms with van der Waals surface area (Å²) >= 11 is 0. The lowest BCUT2D eigenvalue weighted by Crippen LogP contribution is -2.21. The van der Waals surface area contributed by atoms with Gasteiger partial charge in [-0.05, 0) is 43.6 Å². The van der Waals surface area contributed by atoms with E-state index in [0.29, 0.717) is 6.07 Å². The van der Waals surface area contributed by atoms with E-state index < -0.39 is 17.7 Å². The Labute approximate surface area is 108 Å². The maximum Gasteiger partial charge on any atom is 0.416 e. The zero-order chi connectivity index (χ0) is 14.0. The SMILES string of the molecule is O=C(O)c1ccc(CN2CCCC2)c(C(F)(F)F)c1. The fourth-order valence-corrected chi connectivity index (χ4v) is 2.29. The molecule has 1 aromatic carbocycles. The van der Waals surface area contributed by atoms with Crippen molar-refractivity contribution >= 4 is 5.97 Å². The Morgan fingerprint density at radius 3 is 2.42 bits per heavy atom. The number of likely N-dealkylation sites (tertiary alicyclic amines) is 1. The highest BCUT2D eigenvalue weighted by molar-refractivity contribution is 5.88. The topological polar surface area (TPSA) is 40.5 Å². The van der Waals surface area contributed by atoms with Crippen LogP contribution in [0, 0.1) is 0 Å². The molecule has 6 heteroatoms. The molecule has 0 radical (unpaired) electrons. The highest BCUT2D eigenvalue weighted by Crippen LogP contribution is 2.33. The molecule has 0 unspecified atom stereocenters. The van der Waals surface area contributed by atoms with Gasteiger partial charge in [0, 0.05) is 6.54 Å². The van der Waals surface area contributed by atoms with Crippen molar-refractivity contribution in [3.63, 3.8) is 0 Å². The van der Waals surface area contributed by atoms with E-state index in [1.807, 2.05) is 4.90 Å². The van der Waals surface area contributed by atoms with Crippen molar-refractivity contribution in [1.82, 2.24) is 4.90 Å². The Hall–Kier alpha value is -1.56. The molecule has 104 valence electrons. The molecule has 1 N–H and O–H groups in total. The van der Waals surface area contributed by atoms with Crippen molar-refractivity contribution in [3.8, 4) is 0 Å². The highest BCUT2D eigenvalue weighted by Gasteiger charge is 2.34. The number of carbonyl (C=O) groups is 1. The fraction of sp³-hybridized carbons (Fsp3) is 0.462. The molecule has 2 rings (SSSR count). The molecule has 0 aliphatic carbocycles. The monoisotopic (exact) mass is 273 g/mol. The number of rotatable bonds is 3. The van der Waals surface area contributed by atoms with E-state index in [2.05, 4.69) is 0 Å². The Kier molecular flexibility index (Phi) is 3.80. The van der Waals surface area contributed by atoms with Gasteiger partial charge in [-0.2, -0.15) is 13.2 Å². The van der Waals surface area contributed by atoms with Gasteiger partial charge in [-0.1, -0.05) is 6.07 Å². The molecule has 1 aliphatic rings. The van der Waals surface area contributed by atoms with Crippen LogP contribution in [0.2, 0.25) is 0 Å². The Balaban J connectivity index is 2.33. The van der Waals surface area contributed by atoms with Crippen molar-refractivity contribution in [2.24, 2.45) is 0 Å². The van der Waals surface area contributed by atoms with Gasteiger partial charge in [-0.25, -0.2) is 4.79 Å². The summed E-state index contributed by atoms with van der Waals surface area (Å²) in [6.45, 7) is 1.80. The van der Waals surface area contributed by atoms with Gasteiger partial charge in [0.25, 0.3) is 0 Å². The van der Waals surface area contributed by atoms with Crippen LogP contribution in [0.1, 0.15) is 34.3 Å². The van der Waals surface area contributed by atoms with Crippen LogP contribution in [0.3, 0.4) is 0 Å². The Bertz CT molecular complexity index is 479. The number of nitrogens with zero attached hydrogens (tertiary/aromatic N) is 1. The predicted molar refractivity (Wildman–Crippen MR) is 62.9 cm³/mol. The van der Waals surface area contributed by atoms with Gasteiger partial charge >= 0.3 is 12.1 Å². The van der Waals surface area contributed by atoms with Gasteiger partial charge in [-0.15, -0.1) is 0 Å². The summed E-state index contributed by atoms with van der Waals surface area (Å²) in [6, 6.07) is 3.21. The number of carboxylic acid groups (broad SMARTS) is 1. The fourth-order valence-electron chi connectivity index (χ4n) is 2.29. The van der Waals surface area contributed by atoms with Gasteiger partial charge in [0.15, 0.2) is 0 Å². The molecular weight excluding hydrogens is 259 g/mol. The van der Waals surface area contributed by atoms with Crippen LogP contribution < -0.4 is 0 Å². The molecule has 0 saturated carbocycles. The third-order valence-corrected chi connectivity index (χ3v) is 3.25. The summed E-state index contributed by atoms with van der Waals surface area (Å²) in [5.74, 6) is -1.35. The first-order chi connectivity index (χ1) is 8.88. The normalized spacial score (nSPS) is 16.8. The molecule has 0 amide bonds. The molecule has 3 nitrogen and oxygen atoms in total. The van der Waals surface area contributed by atoms with Crippen LogP contribution in [0.4, 0.5) is 13.2 Å². The molecule has 19 heavy (non-hydrogen) atoms. The number of hydrogen-bond acceptors (Lipinski definition) is 2. The number of alkyl halides is 3. The van der Waals surface area contributed by atoms with Gasteiger partial charge in [0.05, 0.1) is 11.1 Å². The number of halogens is 3. The minimum atomic E-state index is -4.53. The third kappa shape index (κ3) is 3.26. The average Bonchev–Trinajstić information content (AvgIpc) is 2.80. The van der Waals surface area contributed by atoms with Crippen LogP contribution in [0.15, 0.2) is 18.2 Å². The van der Waals surface area contributed by atoms with Crippen LogP contribution >= 0.6 is 0 Å². The third-order valence-electron chi connectivity index (χ3n) is 3.25. The maximum atomic E-state index is 13.0. The predicted octanol–water partition coefficient (Wildman–Crippen LogP) is 3.00. The molecule has 1 fully saturated rings.